The van der Waals surface area contributed by atoms with Crippen molar-refractivity contribution in [3.8, 4) is 0 Å². The highest BCUT2D eigenvalue weighted by atomic mass is 15.3. The first kappa shape index (κ1) is 11.1. The van der Waals surface area contributed by atoms with Crippen molar-refractivity contribution in [2.75, 3.05) is 43.0 Å². The minimum atomic E-state index is 0.576. The van der Waals surface area contributed by atoms with Crippen molar-refractivity contribution in [1.29, 1.82) is 0 Å². The normalized spacial score (nSPS) is 22.4. The Hall–Kier alpha value is -1.42. The van der Waals surface area contributed by atoms with Crippen LogP contribution >= 0.6 is 0 Å². The lowest BCUT2D eigenvalue weighted by Gasteiger charge is -2.39. The van der Waals surface area contributed by atoms with E-state index in [-0.39, 0.29) is 0 Å². The number of hydrogen-bond donors (Lipinski definition) is 2. The van der Waals surface area contributed by atoms with Gasteiger partial charge >= 0.3 is 0 Å². The molecule has 1 aromatic rings. The highest BCUT2D eigenvalue weighted by Crippen LogP contribution is 2.24. The fourth-order valence-electron chi connectivity index (χ4n) is 2.04. The summed E-state index contributed by atoms with van der Waals surface area (Å²) in [5.41, 5.74) is 14.0. The zero-order valence-electron chi connectivity index (χ0n) is 9.98. The Bertz CT molecular complexity index is 377. The van der Waals surface area contributed by atoms with Crippen LogP contribution in [0.25, 0.3) is 0 Å². The molecule has 16 heavy (non-hydrogen) atoms. The van der Waals surface area contributed by atoms with Crippen LogP contribution in [0.1, 0.15) is 6.92 Å². The molecule has 1 aromatic carbocycles. The van der Waals surface area contributed by atoms with E-state index in [1.54, 1.807) is 0 Å². The Morgan fingerprint density at radius 1 is 1.19 bits per heavy atom. The van der Waals surface area contributed by atoms with Crippen LogP contribution in [0.3, 0.4) is 0 Å². The summed E-state index contributed by atoms with van der Waals surface area (Å²) in [6, 6.07) is 6.47. The number of anilines is 3. The summed E-state index contributed by atoms with van der Waals surface area (Å²) in [6.45, 7) is 5.42. The number of likely N-dealkylation sites (N-methyl/N-ethyl adjacent to an activating group) is 1. The molecule has 1 saturated heterocycles. The Kier molecular flexibility index (Phi) is 2.92. The number of nitrogens with two attached hydrogens (primary N) is 2. The largest absolute Gasteiger partial charge is 0.397 e. The third-order valence-corrected chi connectivity index (χ3v) is 3.40. The van der Waals surface area contributed by atoms with Crippen LogP contribution < -0.4 is 16.4 Å². The molecule has 1 aliphatic rings. The van der Waals surface area contributed by atoms with E-state index < -0.39 is 0 Å². The molecule has 0 aromatic heterocycles. The van der Waals surface area contributed by atoms with Gasteiger partial charge in [-0.15, -0.1) is 0 Å². The molecule has 4 N–H and O–H groups in total. The summed E-state index contributed by atoms with van der Waals surface area (Å²) >= 11 is 0. The number of hydrogen-bond acceptors (Lipinski definition) is 4. The summed E-state index contributed by atoms with van der Waals surface area (Å²) in [5, 5.41) is 0. The molecular formula is C12H20N4. The predicted molar refractivity (Wildman–Crippen MR) is 69.6 cm³/mol. The lowest BCUT2D eigenvalue weighted by Crippen LogP contribution is -2.50. The molecule has 0 bridgehead atoms. The molecule has 88 valence electrons. The lowest BCUT2D eigenvalue weighted by atomic mass is 10.1. The molecule has 4 heteroatoms. The van der Waals surface area contributed by atoms with Gasteiger partial charge in [0, 0.05) is 31.4 Å². The van der Waals surface area contributed by atoms with Gasteiger partial charge in [-0.3, -0.25) is 0 Å². The highest BCUT2D eigenvalue weighted by molar-refractivity contribution is 5.69. The van der Waals surface area contributed by atoms with Crippen LogP contribution in [0.5, 0.6) is 0 Å². The van der Waals surface area contributed by atoms with Crippen LogP contribution in [0.15, 0.2) is 18.2 Å². The van der Waals surface area contributed by atoms with Crippen molar-refractivity contribution < 1.29 is 0 Å². The smallest absolute Gasteiger partial charge is 0.0568 e. The van der Waals surface area contributed by atoms with E-state index in [4.69, 9.17) is 11.5 Å². The molecule has 1 heterocycles. The summed E-state index contributed by atoms with van der Waals surface area (Å²) in [7, 11) is 2.17. The first-order chi connectivity index (χ1) is 7.58. The molecule has 1 fully saturated rings. The topological polar surface area (TPSA) is 58.5 Å². The van der Waals surface area contributed by atoms with Gasteiger partial charge in [-0.1, -0.05) is 0 Å². The van der Waals surface area contributed by atoms with Gasteiger partial charge in [0.15, 0.2) is 0 Å². The van der Waals surface area contributed by atoms with Crippen LogP contribution in [0, 0.1) is 0 Å². The molecule has 4 nitrogen and oxygen atoms in total. The van der Waals surface area contributed by atoms with E-state index in [2.05, 4.69) is 23.8 Å². The van der Waals surface area contributed by atoms with Gasteiger partial charge < -0.3 is 21.3 Å². The zero-order valence-corrected chi connectivity index (χ0v) is 9.98. The minimum Gasteiger partial charge on any atom is -0.397 e. The summed E-state index contributed by atoms with van der Waals surface area (Å²) in [5.74, 6) is 0. The number of nitrogen functional groups attached to an aromatic ring is 2. The van der Waals surface area contributed by atoms with E-state index >= 15 is 0 Å². The minimum absolute atomic E-state index is 0.576. The van der Waals surface area contributed by atoms with Gasteiger partial charge in [0.2, 0.25) is 0 Å². The van der Waals surface area contributed by atoms with Crippen molar-refractivity contribution in [1.82, 2.24) is 4.90 Å². The second kappa shape index (κ2) is 4.22. The molecule has 0 spiro atoms. The first-order valence-electron chi connectivity index (χ1n) is 5.68. The van der Waals surface area contributed by atoms with E-state index in [0.29, 0.717) is 17.4 Å². The number of rotatable bonds is 1. The third-order valence-electron chi connectivity index (χ3n) is 3.40. The second-order valence-corrected chi connectivity index (χ2v) is 4.59. The summed E-state index contributed by atoms with van der Waals surface area (Å²) in [6.07, 6.45) is 0. The number of piperazine rings is 1. The standard InChI is InChI=1S/C12H20N4/c1-9-8-16(6-5-15(9)2)10-3-4-11(13)12(14)7-10/h3-4,7,9H,5-6,8,13-14H2,1-2H3/t9-/m0/s1. The van der Waals surface area contributed by atoms with Gasteiger partial charge in [0.1, 0.15) is 0 Å². The third kappa shape index (κ3) is 2.07. The van der Waals surface area contributed by atoms with Gasteiger partial charge in [-0.25, -0.2) is 0 Å². The lowest BCUT2D eigenvalue weighted by molar-refractivity contribution is 0.234. The first-order valence-corrected chi connectivity index (χ1v) is 5.68. The fraction of sp³-hybridized carbons (Fsp3) is 0.500. The van der Waals surface area contributed by atoms with Gasteiger partial charge in [-0.2, -0.15) is 0 Å². The van der Waals surface area contributed by atoms with E-state index in [1.165, 1.54) is 5.69 Å². The summed E-state index contributed by atoms with van der Waals surface area (Å²) in [4.78, 5) is 4.73. The zero-order chi connectivity index (χ0) is 11.7. The molecular weight excluding hydrogens is 200 g/mol. The van der Waals surface area contributed by atoms with Crippen LogP contribution in [0.2, 0.25) is 0 Å². The Balaban J connectivity index is 2.15. The quantitative estimate of drug-likeness (QED) is 0.693. The molecule has 1 atom stereocenters. The van der Waals surface area contributed by atoms with Crippen molar-refractivity contribution in [3.63, 3.8) is 0 Å². The van der Waals surface area contributed by atoms with Crippen molar-refractivity contribution in [2.24, 2.45) is 0 Å². The van der Waals surface area contributed by atoms with Crippen molar-refractivity contribution in [3.05, 3.63) is 18.2 Å². The number of benzene rings is 1. The van der Waals surface area contributed by atoms with Gasteiger partial charge in [-0.05, 0) is 32.2 Å². The Morgan fingerprint density at radius 2 is 1.94 bits per heavy atom. The average Bonchev–Trinajstić information content (AvgIpc) is 2.26. The van der Waals surface area contributed by atoms with Crippen LogP contribution in [0.4, 0.5) is 17.1 Å². The number of nitrogens with zero attached hydrogens (tertiary/aromatic N) is 2. The predicted octanol–water partition coefficient (Wildman–Crippen LogP) is 0.991. The second-order valence-electron chi connectivity index (χ2n) is 4.59. The molecule has 0 unspecified atom stereocenters. The molecule has 0 radical (unpaired) electrons. The molecule has 1 aliphatic heterocycles. The highest BCUT2D eigenvalue weighted by Gasteiger charge is 2.20. The maximum Gasteiger partial charge on any atom is 0.0568 e. The fourth-order valence-corrected chi connectivity index (χ4v) is 2.04. The van der Waals surface area contributed by atoms with E-state index in [9.17, 15) is 0 Å². The monoisotopic (exact) mass is 220 g/mol. The van der Waals surface area contributed by atoms with Crippen LogP contribution in [-0.2, 0) is 0 Å². The molecule has 2 rings (SSSR count). The summed E-state index contributed by atoms with van der Waals surface area (Å²) < 4.78 is 0. The van der Waals surface area contributed by atoms with E-state index in [0.717, 1.165) is 19.6 Å². The molecule has 0 amide bonds. The Labute approximate surface area is 96.8 Å². The van der Waals surface area contributed by atoms with E-state index in [1.807, 2.05) is 18.2 Å². The van der Waals surface area contributed by atoms with Gasteiger partial charge in [0.25, 0.3) is 0 Å². The van der Waals surface area contributed by atoms with Gasteiger partial charge in [0.05, 0.1) is 11.4 Å². The Morgan fingerprint density at radius 3 is 2.56 bits per heavy atom. The maximum absolute atomic E-state index is 5.83. The van der Waals surface area contributed by atoms with Crippen LogP contribution in [-0.4, -0.2) is 37.6 Å². The SMILES string of the molecule is C[C@H]1CN(c2ccc(N)c(N)c2)CCN1C. The average molecular weight is 220 g/mol. The molecule has 0 saturated carbocycles. The van der Waals surface area contributed by atoms with Crippen molar-refractivity contribution >= 4 is 17.1 Å². The van der Waals surface area contributed by atoms with Crippen molar-refractivity contribution in [2.45, 2.75) is 13.0 Å². The maximum atomic E-state index is 5.83. The molecule has 0 aliphatic carbocycles.